The molecule has 4 aromatic carbocycles. The minimum atomic E-state index is -0.855. The maximum Gasteiger partial charge on any atom is 0.295 e. The predicted molar refractivity (Wildman–Crippen MR) is 167 cm³/mol. The molecule has 1 fully saturated rings. The number of amides is 1. The highest BCUT2D eigenvalue weighted by atomic mass is 16.5. The number of para-hydroxylation sites is 1. The van der Waals surface area contributed by atoms with E-state index in [1.807, 2.05) is 67.6 Å². The summed E-state index contributed by atoms with van der Waals surface area (Å²) in [6.07, 6.45) is 3.30. The normalized spacial score (nSPS) is 15.8. The standard InChI is InChI=1S/C37H30N2O5/c1-25-8-5-9-26(20-25)24-43-30-17-15-28(16-18-30)35(40)33-34(39(37(42)36(33)41)23-27-10-7-19-38-22-27)29-11-6-14-32(21-29)44-31-12-3-2-4-13-31/h2-22,34,40H,23-24H2,1H3/b35-33+. The number of hydrogen-bond donors (Lipinski definition) is 1. The van der Waals surface area contributed by atoms with E-state index < -0.39 is 17.7 Å². The van der Waals surface area contributed by atoms with E-state index in [1.54, 1.807) is 60.9 Å². The second-order valence-electron chi connectivity index (χ2n) is 10.6. The number of hydrogen-bond acceptors (Lipinski definition) is 6. The number of aryl methyl sites for hydroxylation is 1. The number of ether oxygens (including phenoxy) is 2. The van der Waals surface area contributed by atoms with Gasteiger partial charge in [-0.3, -0.25) is 14.6 Å². The first-order chi connectivity index (χ1) is 21.5. The minimum Gasteiger partial charge on any atom is -0.507 e. The lowest BCUT2D eigenvalue weighted by Crippen LogP contribution is -2.29. The molecule has 7 nitrogen and oxygen atoms in total. The Kier molecular flexibility index (Phi) is 8.19. The number of aromatic nitrogens is 1. The van der Waals surface area contributed by atoms with Gasteiger partial charge in [0.05, 0.1) is 11.6 Å². The molecule has 5 aromatic rings. The molecule has 1 N–H and O–H groups in total. The Bertz CT molecular complexity index is 1820. The van der Waals surface area contributed by atoms with Crippen LogP contribution in [0.1, 0.15) is 33.9 Å². The minimum absolute atomic E-state index is 0.00387. The lowest BCUT2D eigenvalue weighted by atomic mass is 9.95. The maximum atomic E-state index is 13.6. The summed E-state index contributed by atoms with van der Waals surface area (Å²) < 4.78 is 12.0. The summed E-state index contributed by atoms with van der Waals surface area (Å²) >= 11 is 0. The quantitative estimate of drug-likeness (QED) is 0.111. The van der Waals surface area contributed by atoms with E-state index in [-0.39, 0.29) is 17.9 Å². The fraction of sp³-hybridized carbons (Fsp3) is 0.108. The van der Waals surface area contributed by atoms with Crippen molar-refractivity contribution in [3.05, 3.63) is 161 Å². The zero-order valence-corrected chi connectivity index (χ0v) is 24.1. The van der Waals surface area contributed by atoms with Crippen LogP contribution in [0.5, 0.6) is 17.2 Å². The SMILES string of the molecule is Cc1cccc(COc2ccc(/C(O)=C3\C(=O)C(=O)N(Cc4cccnc4)C3c3cccc(Oc4ccccc4)c3)cc2)c1. The summed E-state index contributed by atoms with van der Waals surface area (Å²) in [5.74, 6) is 0.0806. The number of benzene rings is 4. The number of pyridine rings is 1. The third kappa shape index (κ3) is 6.22. The zero-order chi connectivity index (χ0) is 30.5. The van der Waals surface area contributed by atoms with E-state index in [9.17, 15) is 14.7 Å². The third-order valence-electron chi connectivity index (χ3n) is 7.38. The van der Waals surface area contributed by atoms with Gasteiger partial charge in [0.25, 0.3) is 11.7 Å². The van der Waals surface area contributed by atoms with Crippen LogP contribution in [-0.2, 0) is 22.7 Å². The molecule has 7 heteroatoms. The first-order valence-corrected chi connectivity index (χ1v) is 14.3. The molecule has 0 aliphatic carbocycles. The highest BCUT2D eigenvalue weighted by molar-refractivity contribution is 6.46. The Labute approximate surface area is 255 Å². The van der Waals surface area contributed by atoms with E-state index in [2.05, 4.69) is 11.1 Å². The smallest absolute Gasteiger partial charge is 0.295 e. The van der Waals surface area contributed by atoms with Gasteiger partial charge in [0.2, 0.25) is 0 Å². The molecule has 0 saturated carbocycles. The van der Waals surface area contributed by atoms with Crippen LogP contribution < -0.4 is 9.47 Å². The molecular weight excluding hydrogens is 552 g/mol. The van der Waals surface area contributed by atoms with Crippen molar-refractivity contribution in [2.24, 2.45) is 0 Å². The third-order valence-corrected chi connectivity index (χ3v) is 7.38. The molecule has 2 heterocycles. The topological polar surface area (TPSA) is 89.0 Å². The van der Waals surface area contributed by atoms with Crippen LogP contribution in [0.15, 0.2) is 133 Å². The van der Waals surface area contributed by atoms with E-state index in [1.165, 1.54) is 4.90 Å². The number of likely N-dealkylation sites (tertiary alicyclic amines) is 1. The molecule has 1 amide bonds. The van der Waals surface area contributed by atoms with Crippen LogP contribution in [-0.4, -0.2) is 26.7 Å². The Morgan fingerprint density at radius 2 is 1.55 bits per heavy atom. The molecule has 1 atom stereocenters. The van der Waals surface area contributed by atoms with Crippen LogP contribution in [0.25, 0.3) is 5.76 Å². The van der Waals surface area contributed by atoms with E-state index in [4.69, 9.17) is 9.47 Å². The number of aliphatic hydroxyl groups is 1. The van der Waals surface area contributed by atoms with Crippen molar-refractivity contribution in [3.63, 3.8) is 0 Å². The summed E-state index contributed by atoms with van der Waals surface area (Å²) in [6.45, 7) is 2.56. The van der Waals surface area contributed by atoms with Gasteiger partial charge >= 0.3 is 0 Å². The van der Waals surface area contributed by atoms with E-state index in [0.717, 1.165) is 16.7 Å². The second-order valence-corrected chi connectivity index (χ2v) is 10.6. The molecule has 44 heavy (non-hydrogen) atoms. The molecule has 1 aliphatic heterocycles. The van der Waals surface area contributed by atoms with Crippen LogP contribution in [0.3, 0.4) is 0 Å². The fourth-order valence-electron chi connectivity index (χ4n) is 5.28. The molecule has 6 rings (SSSR count). The average Bonchev–Trinajstić information content (AvgIpc) is 3.30. The highest BCUT2D eigenvalue weighted by Crippen LogP contribution is 2.41. The van der Waals surface area contributed by atoms with Gasteiger partial charge in [0, 0.05) is 24.5 Å². The number of Topliss-reactive ketones (excluding diaryl/α,β-unsaturated/α-hetero) is 1. The van der Waals surface area contributed by atoms with Gasteiger partial charge in [0.15, 0.2) is 0 Å². The van der Waals surface area contributed by atoms with Gasteiger partial charge in [-0.25, -0.2) is 0 Å². The van der Waals surface area contributed by atoms with E-state index in [0.29, 0.717) is 35.0 Å². The molecule has 1 aromatic heterocycles. The summed E-state index contributed by atoms with van der Waals surface area (Å²) in [6, 6.07) is 34.2. The van der Waals surface area contributed by atoms with Crippen LogP contribution in [0.4, 0.5) is 0 Å². The number of ketones is 1. The zero-order valence-electron chi connectivity index (χ0n) is 24.1. The van der Waals surface area contributed by atoms with Crippen molar-refractivity contribution in [2.75, 3.05) is 0 Å². The Morgan fingerprint density at radius 3 is 2.30 bits per heavy atom. The van der Waals surface area contributed by atoms with Crippen molar-refractivity contribution in [2.45, 2.75) is 26.1 Å². The lowest BCUT2D eigenvalue weighted by Gasteiger charge is -2.25. The molecule has 1 unspecified atom stereocenters. The number of aliphatic hydroxyl groups excluding tert-OH is 1. The van der Waals surface area contributed by atoms with Gasteiger partial charge in [-0.1, -0.05) is 66.2 Å². The maximum absolute atomic E-state index is 13.6. The Hall–Kier alpha value is -5.69. The number of carbonyl (C=O) groups is 2. The summed E-state index contributed by atoms with van der Waals surface area (Å²) in [5.41, 5.74) is 3.98. The first kappa shape index (κ1) is 28.4. The summed E-state index contributed by atoms with van der Waals surface area (Å²) in [4.78, 5) is 32.7. The lowest BCUT2D eigenvalue weighted by molar-refractivity contribution is -0.140. The summed E-state index contributed by atoms with van der Waals surface area (Å²) in [7, 11) is 0. The van der Waals surface area contributed by atoms with Gasteiger partial charge in [-0.05, 0) is 78.2 Å². The number of rotatable bonds is 9. The molecule has 0 spiro atoms. The first-order valence-electron chi connectivity index (χ1n) is 14.3. The molecule has 1 saturated heterocycles. The van der Waals surface area contributed by atoms with Crippen molar-refractivity contribution < 1.29 is 24.2 Å². The van der Waals surface area contributed by atoms with Crippen molar-refractivity contribution >= 4 is 17.4 Å². The van der Waals surface area contributed by atoms with Crippen molar-refractivity contribution in [1.82, 2.24) is 9.88 Å². The highest BCUT2D eigenvalue weighted by Gasteiger charge is 2.46. The number of carbonyl (C=O) groups excluding carboxylic acids is 2. The number of nitrogens with zero attached hydrogens (tertiary/aromatic N) is 2. The van der Waals surface area contributed by atoms with Crippen LogP contribution in [0, 0.1) is 6.92 Å². The van der Waals surface area contributed by atoms with Crippen LogP contribution >= 0.6 is 0 Å². The van der Waals surface area contributed by atoms with Gasteiger partial charge < -0.3 is 19.5 Å². The van der Waals surface area contributed by atoms with Crippen molar-refractivity contribution in [1.29, 1.82) is 0 Å². The van der Waals surface area contributed by atoms with Gasteiger partial charge in [-0.15, -0.1) is 0 Å². The molecule has 218 valence electrons. The Balaban J connectivity index is 1.34. The predicted octanol–water partition coefficient (Wildman–Crippen LogP) is 7.38. The molecule has 0 bridgehead atoms. The second kappa shape index (κ2) is 12.7. The Morgan fingerprint density at radius 1 is 0.795 bits per heavy atom. The largest absolute Gasteiger partial charge is 0.507 e. The van der Waals surface area contributed by atoms with Crippen LogP contribution in [0.2, 0.25) is 0 Å². The molecular formula is C37H30N2O5. The summed E-state index contributed by atoms with van der Waals surface area (Å²) in [5, 5.41) is 11.6. The molecule has 1 aliphatic rings. The van der Waals surface area contributed by atoms with Crippen molar-refractivity contribution in [3.8, 4) is 17.2 Å². The van der Waals surface area contributed by atoms with E-state index >= 15 is 0 Å². The monoisotopic (exact) mass is 582 g/mol. The van der Waals surface area contributed by atoms with Gasteiger partial charge in [0.1, 0.15) is 29.6 Å². The fourth-order valence-corrected chi connectivity index (χ4v) is 5.28. The van der Waals surface area contributed by atoms with Gasteiger partial charge in [-0.2, -0.15) is 0 Å². The molecule has 0 radical (unpaired) electrons. The average molecular weight is 583 g/mol.